The number of nitrogens with zero attached hydrogens (tertiary/aromatic N) is 4. The number of likely N-dealkylation sites (tertiary alicyclic amines) is 1. The van der Waals surface area contributed by atoms with E-state index in [2.05, 4.69) is 27.4 Å². The van der Waals surface area contributed by atoms with Crippen LogP contribution in [-0.2, 0) is 28.5 Å². The van der Waals surface area contributed by atoms with E-state index >= 15 is 0 Å². The van der Waals surface area contributed by atoms with E-state index in [1.54, 1.807) is 31.2 Å². The molecule has 3 aromatic rings. The van der Waals surface area contributed by atoms with Gasteiger partial charge in [0.25, 0.3) is 0 Å². The lowest BCUT2D eigenvalue weighted by Crippen LogP contribution is -2.40. The van der Waals surface area contributed by atoms with E-state index in [0.29, 0.717) is 16.9 Å². The van der Waals surface area contributed by atoms with Crippen molar-refractivity contribution < 1.29 is 27.8 Å². The molecule has 0 bridgehead atoms. The molecule has 0 unspecified atom stereocenters. The van der Waals surface area contributed by atoms with E-state index in [4.69, 9.17) is 9.72 Å². The number of hydrogen-bond acceptors (Lipinski definition) is 6. The number of rotatable bonds is 11. The number of aromatic nitrogens is 3. The number of ether oxygens (including phenoxy) is 1. The summed E-state index contributed by atoms with van der Waals surface area (Å²) in [4.78, 5) is 18.9. The summed E-state index contributed by atoms with van der Waals surface area (Å²) in [7, 11) is 0. The van der Waals surface area contributed by atoms with Gasteiger partial charge < -0.3 is 20.1 Å². The molecule has 2 aliphatic heterocycles. The number of fused-ring (bicyclic) bond motifs is 1. The topological polar surface area (TPSA) is 92.5 Å². The van der Waals surface area contributed by atoms with Gasteiger partial charge in [0.05, 0.1) is 24.8 Å². The Balaban J connectivity index is 1.17. The summed E-state index contributed by atoms with van der Waals surface area (Å²) in [5.74, 6) is -0.378. The van der Waals surface area contributed by atoms with Crippen LogP contribution in [0.25, 0.3) is 5.69 Å². The molecule has 11 heteroatoms. The standard InChI is InChI=1S/C31H38F3N5O3/c1-21-16-28(31(32,33)34)37-39(21)26-9-2-6-23(17-26)24(18-29(40)41)20-42-27-10-5-15-38(19-27)14-4-8-25-12-11-22-7-3-13-35-30(22)36-25/h2,6,9,11-12,16-17,24,27H,3-5,7-8,10,13-15,18-20H2,1H3,(H,35,36)(H,40,41)/t24-,27-/m1/s1. The van der Waals surface area contributed by atoms with E-state index in [0.717, 1.165) is 82.3 Å². The molecule has 2 aromatic heterocycles. The van der Waals surface area contributed by atoms with Crippen LogP contribution in [0.2, 0.25) is 0 Å². The Hall–Kier alpha value is -3.44. The van der Waals surface area contributed by atoms with Crippen molar-refractivity contribution in [3.63, 3.8) is 0 Å². The van der Waals surface area contributed by atoms with Gasteiger partial charge in [-0.2, -0.15) is 18.3 Å². The van der Waals surface area contributed by atoms with Crippen molar-refractivity contribution in [1.82, 2.24) is 19.7 Å². The normalized spacial score (nSPS) is 18.3. The third-order valence-electron chi connectivity index (χ3n) is 8.04. The van der Waals surface area contributed by atoms with Crippen LogP contribution in [0.4, 0.5) is 19.0 Å². The summed E-state index contributed by atoms with van der Waals surface area (Å²) in [6.07, 6.45) is 1.34. The molecule has 4 heterocycles. The zero-order valence-corrected chi connectivity index (χ0v) is 23.9. The highest BCUT2D eigenvalue weighted by molar-refractivity contribution is 5.68. The Bertz CT molecular complexity index is 1380. The Labute approximate surface area is 243 Å². The quantitative estimate of drug-likeness (QED) is 0.302. The molecule has 2 atom stereocenters. The zero-order chi connectivity index (χ0) is 29.7. The zero-order valence-electron chi connectivity index (χ0n) is 23.9. The summed E-state index contributed by atoms with van der Waals surface area (Å²) < 4.78 is 47.1. The van der Waals surface area contributed by atoms with E-state index in [1.165, 1.54) is 10.2 Å². The lowest BCUT2D eigenvalue weighted by Gasteiger charge is -2.33. The van der Waals surface area contributed by atoms with Crippen LogP contribution in [-0.4, -0.2) is 69.6 Å². The number of carboxylic acid groups (broad SMARTS) is 1. The van der Waals surface area contributed by atoms with Gasteiger partial charge in [-0.3, -0.25) is 4.79 Å². The summed E-state index contributed by atoms with van der Waals surface area (Å²) in [5.41, 5.74) is 2.91. The molecule has 42 heavy (non-hydrogen) atoms. The van der Waals surface area contributed by atoms with E-state index in [1.807, 2.05) is 0 Å². The van der Waals surface area contributed by atoms with Gasteiger partial charge in [0.2, 0.25) is 0 Å². The number of aliphatic carboxylic acids is 1. The molecule has 2 N–H and O–H groups in total. The Morgan fingerprint density at radius 2 is 2.07 bits per heavy atom. The first-order valence-corrected chi connectivity index (χ1v) is 14.7. The number of piperidine rings is 1. The average Bonchev–Trinajstić information content (AvgIpc) is 3.37. The predicted molar refractivity (Wildman–Crippen MR) is 153 cm³/mol. The van der Waals surface area contributed by atoms with Crippen LogP contribution in [0.5, 0.6) is 0 Å². The molecule has 0 spiro atoms. The number of nitrogens with one attached hydrogen (secondary N) is 1. The maximum Gasteiger partial charge on any atom is 0.435 e. The minimum Gasteiger partial charge on any atom is -0.481 e. The van der Waals surface area contributed by atoms with Gasteiger partial charge in [-0.15, -0.1) is 0 Å². The van der Waals surface area contributed by atoms with E-state index in [9.17, 15) is 23.1 Å². The van der Waals surface area contributed by atoms with E-state index < -0.39 is 23.8 Å². The first kappa shape index (κ1) is 30.0. The molecule has 1 saturated heterocycles. The van der Waals surface area contributed by atoms with Crippen molar-refractivity contribution in [3.05, 3.63) is 70.7 Å². The second-order valence-corrected chi connectivity index (χ2v) is 11.3. The van der Waals surface area contributed by atoms with Crippen molar-refractivity contribution in [2.24, 2.45) is 0 Å². The maximum atomic E-state index is 13.2. The first-order valence-electron chi connectivity index (χ1n) is 14.7. The predicted octanol–water partition coefficient (Wildman–Crippen LogP) is 5.62. The van der Waals surface area contributed by atoms with Crippen LogP contribution in [0.3, 0.4) is 0 Å². The van der Waals surface area contributed by atoms with Gasteiger partial charge in [-0.1, -0.05) is 18.2 Å². The summed E-state index contributed by atoms with van der Waals surface area (Å²) >= 11 is 0. The minimum atomic E-state index is -4.55. The van der Waals surface area contributed by atoms with Crippen LogP contribution < -0.4 is 5.32 Å². The fraction of sp³-hybridized carbons (Fsp3) is 0.516. The SMILES string of the molecule is Cc1cc(C(F)(F)F)nn1-c1cccc([C@@H](CO[C@@H]2CCCN(CCCc3ccc4c(n3)NCCC4)C2)CC(=O)O)c1. The number of benzene rings is 1. The van der Waals surface area contributed by atoms with Gasteiger partial charge in [-0.25, -0.2) is 9.67 Å². The third kappa shape index (κ3) is 7.69. The number of anilines is 1. The average molecular weight is 586 g/mol. The van der Waals surface area contributed by atoms with Crippen LogP contribution in [0, 0.1) is 6.92 Å². The van der Waals surface area contributed by atoms with E-state index in [-0.39, 0.29) is 19.1 Å². The van der Waals surface area contributed by atoms with Crippen molar-refractivity contribution in [2.75, 3.05) is 38.1 Å². The molecule has 0 radical (unpaired) electrons. The molecule has 2 aliphatic rings. The van der Waals surface area contributed by atoms with Gasteiger partial charge in [0.1, 0.15) is 5.82 Å². The van der Waals surface area contributed by atoms with Crippen molar-refractivity contribution in [3.8, 4) is 5.69 Å². The van der Waals surface area contributed by atoms with Crippen molar-refractivity contribution in [1.29, 1.82) is 0 Å². The second kappa shape index (κ2) is 13.2. The summed E-state index contributed by atoms with van der Waals surface area (Å²) in [6.45, 7) is 5.48. The highest BCUT2D eigenvalue weighted by Gasteiger charge is 2.34. The molecular formula is C31H38F3N5O3. The van der Waals surface area contributed by atoms with Crippen LogP contribution in [0.1, 0.15) is 66.2 Å². The van der Waals surface area contributed by atoms with Crippen LogP contribution in [0.15, 0.2) is 42.5 Å². The first-order chi connectivity index (χ1) is 20.2. The Morgan fingerprint density at radius 1 is 1.21 bits per heavy atom. The number of carboxylic acids is 1. The molecule has 8 nitrogen and oxygen atoms in total. The molecule has 1 aromatic carbocycles. The minimum absolute atomic E-state index is 0.00741. The molecule has 226 valence electrons. The Kier molecular flexibility index (Phi) is 9.47. The fourth-order valence-electron chi connectivity index (χ4n) is 5.86. The van der Waals surface area contributed by atoms with Gasteiger partial charge in [-0.05, 0) is 93.9 Å². The monoisotopic (exact) mass is 585 g/mol. The molecule has 0 saturated carbocycles. The lowest BCUT2D eigenvalue weighted by atomic mass is 9.96. The number of halogens is 3. The lowest BCUT2D eigenvalue weighted by molar-refractivity contribution is -0.141. The summed E-state index contributed by atoms with van der Waals surface area (Å²) in [5, 5.41) is 16.7. The molecule has 0 amide bonds. The molecule has 5 rings (SSSR count). The van der Waals surface area contributed by atoms with Gasteiger partial charge in [0.15, 0.2) is 5.69 Å². The van der Waals surface area contributed by atoms with Gasteiger partial charge in [0, 0.05) is 30.4 Å². The van der Waals surface area contributed by atoms with Gasteiger partial charge >= 0.3 is 12.1 Å². The molecule has 0 aliphatic carbocycles. The third-order valence-corrected chi connectivity index (χ3v) is 8.04. The largest absolute Gasteiger partial charge is 0.481 e. The number of hydrogen-bond donors (Lipinski definition) is 2. The van der Waals surface area contributed by atoms with Crippen LogP contribution >= 0.6 is 0 Å². The molecular weight excluding hydrogens is 547 g/mol. The summed E-state index contributed by atoms with van der Waals surface area (Å²) in [6, 6.07) is 12.2. The number of aryl methyl sites for hydroxylation is 3. The fourth-order valence-corrected chi connectivity index (χ4v) is 5.86. The second-order valence-electron chi connectivity index (χ2n) is 11.3. The van der Waals surface area contributed by atoms with Crippen molar-refractivity contribution in [2.45, 2.75) is 70.1 Å². The number of pyridine rings is 1. The highest BCUT2D eigenvalue weighted by atomic mass is 19.4. The Morgan fingerprint density at radius 3 is 2.86 bits per heavy atom. The number of carbonyl (C=O) groups is 1. The highest BCUT2D eigenvalue weighted by Crippen LogP contribution is 2.30. The van der Waals surface area contributed by atoms with Crippen molar-refractivity contribution >= 4 is 11.8 Å². The molecule has 1 fully saturated rings. The maximum absolute atomic E-state index is 13.2. The smallest absolute Gasteiger partial charge is 0.435 e. The number of alkyl halides is 3.